The van der Waals surface area contributed by atoms with Crippen LogP contribution >= 0.6 is 0 Å². The summed E-state index contributed by atoms with van der Waals surface area (Å²) in [6, 6.07) is 1.43. The Hall–Kier alpha value is 0.217. The SMILES string of the molecule is CC(C)C[Si](C(C)(C)C)(C(C)(C)C)C(C)(C)C. The Morgan fingerprint density at radius 1 is 0.647 bits per heavy atom. The van der Waals surface area contributed by atoms with Crippen LogP contribution < -0.4 is 0 Å². The summed E-state index contributed by atoms with van der Waals surface area (Å²) >= 11 is 0. The summed E-state index contributed by atoms with van der Waals surface area (Å²) in [6.07, 6.45) is 0. The Morgan fingerprint density at radius 3 is 0.941 bits per heavy atom. The van der Waals surface area contributed by atoms with Crippen molar-refractivity contribution in [3.8, 4) is 0 Å². The first kappa shape index (κ1) is 17.2. The molecule has 0 saturated carbocycles. The standard InChI is InChI=1S/C16H36Si/c1-13(2)12-17(14(3,4)5,15(6,7)8)16(9,10)11/h13H,12H2,1-11H3. The largest absolute Gasteiger partial charge is 0.0700 e. The molecule has 0 aliphatic rings. The summed E-state index contributed by atoms with van der Waals surface area (Å²) < 4.78 is 0. The summed E-state index contributed by atoms with van der Waals surface area (Å²) in [6.45, 7) is 27.1. The fourth-order valence-corrected chi connectivity index (χ4v) is 14.7. The minimum atomic E-state index is -1.46. The molecule has 0 unspecified atom stereocenters. The Kier molecular flexibility index (Phi) is 4.78. The predicted molar refractivity (Wildman–Crippen MR) is 84.5 cm³/mol. The van der Waals surface area contributed by atoms with Crippen LogP contribution in [0.2, 0.25) is 21.2 Å². The van der Waals surface area contributed by atoms with Crippen LogP contribution in [-0.2, 0) is 0 Å². The molecular weight excluding hydrogens is 220 g/mol. The van der Waals surface area contributed by atoms with Gasteiger partial charge in [-0.05, 0) is 21.0 Å². The smallest absolute Gasteiger partial charge is 0.0630 e. The fraction of sp³-hybridized carbons (Fsp3) is 1.00. The molecule has 0 saturated heterocycles. The lowest BCUT2D eigenvalue weighted by Crippen LogP contribution is -2.58. The molecule has 0 aromatic rings. The van der Waals surface area contributed by atoms with Gasteiger partial charge in [-0.3, -0.25) is 0 Å². The highest BCUT2D eigenvalue weighted by Crippen LogP contribution is 2.64. The average Bonchev–Trinajstić information content (AvgIpc) is 1.91. The molecule has 0 nitrogen and oxygen atoms in total. The number of rotatable bonds is 2. The zero-order chi connectivity index (χ0) is 14.3. The summed E-state index contributed by atoms with van der Waals surface area (Å²) in [5, 5.41) is 1.36. The van der Waals surface area contributed by atoms with Gasteiger partial charge in [-0.1, -0.05) is 82.2 Å². The first-order chi connectivity index (χ1) is 7.17. The van der Waals surface area contributed by atoms with Crippen LogP contribution in [0.25, 0.3) is 0 Å². The van der Waals surface area contributed by atoms with Crippen molar-refractivity contribution in [1.82, 2.24) is 0 Å². The lowest BCUT2D eigenvalue weighted by molar-refractivity contribution is 0.505. The van der Waals surface area contributed by atoms with Crippen LogP contribution in [0.3, 0.4) is 0 Å². The molecule has 0 bridgehead atoms. The van der Waals surface area contributed by atoms with E-state index < -0.39 is 8.07 Å². The third-order valence-electron chi connectivity index (χ3n) is 4.56. The topological polar surface area (TPSA) is 0 Å². The quantitative estimate of drug-likeness (QED) is 0.495. The van der Waals surface area contributed by atoms with Crippen molar-refractivity contribution in [1.29, 1.82) is 0 Å². The summed E-state index contributed by atoms with van der Waals surface area (Å²) in [5.74, 6) is 0.805. The second kappa shape index (κ2) is 4.72. The van der Waals surface area contributed by atoms with Crippen molar-refractivity contribution in [2.75, 3.05) is 0 Å². The van der Waals surface area contributed by atoms with Gasteiger partial charge in [-0.2, -0.15) is 0 Å². The monoisotopic (exact) mass is 256 g/mol. The van der Waals surface area contributed by atoms with Gasteiger partial charge in [0.05, 0.1) is 8.07 Å². The molecule has 0 radical (unpaired) electrons. The molecule has 17 heavy (non-hydrogen) atoms. The fourth-order valence-electron chi connectivity index (χ4n) is 4.91. The molecule has 1 heteroatoms. The minimum absolute atomic E-state index is 0.452. The van der Waals surface area contributed by atoms with Crippen LogP contribution in [0, 0.1) is 5.92 Å². The van der Waals surface area contributed by atoms with Crippen molar-refractivity contribution in [2.45, 2.75) is 97.3 Å². The molecule has 0 atom stereocenters. The lowest BCUT2D eigenvalue weighted by Gasteiger charge is -2.60. The highest BCUT2D eigenvalue weighted by molar-refractivity contribution is 6.87. The zero-order valence-corrected chi connectivity index (χ0v) is 15.3. The van der Waals surface area contributed by atoms with Crippen LogP contribution in [0.1, 0.15) is 76.2 Å². The maximum Gasteiger partial charge on any atom is 0.0700 e. The van der Waals surface area contributed by atoms with E-state index in [1.165, 1.54) is 6.04 Å². The normalized spacial score (nSPS) is 15.5. The minimum Gasteiger partial charge on any atom is -0.0630 e. The maximum absolute atomic E-state index is 2.48. The van der Waals surface area contributed by atoms with Gasteiger partial charge in [0.15, 0.2) is 0 Å². The summed E-state index contributed by atoms with van der Waals surface area (Å²) in [4.78, 5) is 0. The second-order valence-electron chi connectivity index (χ2n) is 9.25. The van der Waals surface area contributed by atoms with Crippen molar-refractivity contribution in [2.24, 2.45) is 5.92 Å². The summed E-state index contributed by atoms with van der Waals surface area (Å²) in [7, 11) is -1.46. The van der Waals surface area contributed by atoms with Gasteiger partial charge in [0.1, 0.15) is 0 Å². The maximum atomic E-state index is 2.48. The van der Waals surface area contributed by atoms with Crippen molar-refractivity contribution >= 4 is 8.07 Å². The van der Waals surface area contributed by atoms with Gasteiger partial charge >= 0.3 is 0 Å². The van der Waals surface area contributed by atoms with Crippen LogP contribution in [0.5, 0.6) is 0 Å². The van der Waals surface area contributed by atoms with Crippen LogP contribution in [0.4, 0.5) is 0 Å². The van der Waals surface area contributed by atoms with E-state index in [0.717, 1.165) is 5.92 Å². The van der Waals surface area contributed by atoms with Gasteiger partial charge in [-0.25, -0.2) is 0 Å². The van der Waals surface area contributed by atoms with Gasteiger partial charge in [-0.15, -0.1) is 0 Å². The second-order valence-corrected chi connectivity index (χ2v) is 16.0. The van der Waals surface area contributed by atoms with Crippen LogP contribution in [-0.4, -0.2) is 8.07 Å². The van der Waals surface area contributed by atoms with E-state index in [4.69, 9.17) is 0 Å². The molecule has 0 aliphatic heterocycles. The van der Waals surface area contributed by atoms with E-state index in [1.807, 2.05) is 0 Å². The number of hydrogen-bond donors (Lipinski definition) is 0. The Bertz CT molecular complexity index is 206. The molecule has 0 spiro atoms. The van der Waals surface area contributed by atoms with E-state index in [-0.39, 0.29) is 0 Å². The molecule has 0 amide bonds. The molecule has 0 fully saturated rings. The molecule has 0 aromatic heterocycles. The zero-order valence-electron chi connectivity index (χ0n) is 14.3. The van der Waals surface area contributed by atoms with Gasteiger partial charge in [0, 0.05) is 0 Å². The number of hydrogen-bond acceptors (Lipinski definition) is 0. The molecule has 0 N–H and O–H groups in total. The first-order valence-corrected chi connectivity index (χ1v) is 9.37. The van der Waals surface area contributed by atoms with E-state index >= 15 is 0 Å². The molecule has 0 rings (SSSR count). The lowest BCUT2D eigenvalue weighted by atomic mass is 10.2. The van der Waals surface area contributed by atoms with E-state index in [2.05, 4.69) is 76.2 Å². The van der Waals surface area contributed by atoms with E-state index in [0.29, 0.717) is 15.1 Å². The molecule has 104 valence electrons. The molecule has 0 heterocycles. The molecule has 0 aliphatic carbocycles. The Labute approximate surface area is 112 Å². The third kappa shape index (κ3) is 3.16. The van der Waals surface area contributed by atoms with Crippen LogP contribution in [0.15, 0.2) is 0 Å². The molecule has 0 aromatic carbocycles. The predicted octanol–water partition coefficient (Wildman–Crippen LogP) is 6.49. The van der Waals surface area contributed by atoms with Crippen molar-refractivity contribution in [3.63, 3.8) is 0 Å². The third-order valence-corrected chi connectivity index (χ3v) is 13.7. The highest BCUT2D eigenvalue weighted by Gasteiger charge is 2.58. The van der Waals surface area contributed by atoms with Gasteiger partial charge in [0.2, 0.25) is 0 Å². The Morgan fingerprint density at radius 2 is 0.882 bits per heavy atom. The van der Waals surface area contributed by atoms with E-state index in [1.54, 1.807) is 0 Å². The van der Waals surface area contributed by atoms with E-state index in [9.17, 15) is 0 Å². The van der Waals surface area contributed by atoms with Gasteiger partial charge < -0.3 is 0 Å². The first-order valence-electron chi connectivity index (χ1n) is 7.17. The Balaban J connectivity index is 5.93. The summed E-state index contributed by atoms with van der Waals surface area (Å²) in [5.41, 5.74) is 0. The molecular formula is C16H36Si. The van der Waals surface area contributed by atoms with Gasteiger partial charge in [0.25, 0.3) is 0 Å². The highest BCUT2D eigenvalue weighted by atomic mass is 28.3. The average molecular weight is 257 g/mol. The van der Waals surface area contributed by atoms with Crippen molar-refractivity contribution < 1.29 is 0 Å². The van der Waals surface area contributed by atoms with Crippen molar-refractivity contribution in [3.05, 3.63) is 0 Å².